The van der Waals surface area contributed by atoms with E-state index in [1.54, 1.807) is 6.08 Å². The lowest BCUT2D eigenvalue weighted by molar-refractivity contribution is -0.139. The molecule has 5 nitrogen and oxygen atoms in total. The van der Waals surface area contributed by atoms with E-state index >= 15 is 0 Å². The fourth-order valence-corrected chi connectivity index (χ4v) is 1.73. The average molecular weight is 305 g/mol. The topological polar surface area (TPSA) is 64.6 Å². The fourth-order valence-electron chi connectivity index (χ4n) is 1.73. The highest BCUT2D eigenvalue weighted by atomic mass is 16.6. The van der Waals surface area contributed by atoms with Gasteiger partial charge in [-0.05, 0) is 31.9 Å². The Kier molecular flexibility index (Phi) is 6.63. The summed E-state index contributed by atoms with van der Waals surface area (Å²) in [7, 11) is 1.37. The molecule has 0 saturated heterocycles. The molecular weight excluding hydrogens is 282 g/mol. The largest absolute Gasteiger partial charge is 0.469 e. The molecular formula is C17H23NO4. The maximum atomic E-state index is 11.5. The number of benzene rings is 1. The van der Waals surface area contributed by atoms with Gasteiger partial charge >= 0.3 is 12.1 Å². The summed E-state index contributed by atoms with van der Waals surface area (Å²) in [5.41, 5.74) is 1.28. The predicted molar refractivity (Wildman–Crippen MR) is 85.4 cm³/mol. The number of rotatable bonds is 5. The second kappa shape index (κ2) is 8.22. The molecule has 0 fully saturated rings. The van der Waals surface area contributed by atoms with Gasteiger partial charge in [-0.25, -0.2) is 4.79 Å². The first-order chi connectivity index (χ1) is 10.3. The van der Waals surface area contributed by atoms with E-state index in [0.29, 0.717) is 6.54 Å². The van der Waals surface area contributed by atoms with Crippen LogP contribution < -0.4 is 5.32 Å². The highest BCUT2D eigenvalue weighted by molar-refractivity contribution is 5.74. The van der Waals surface area contributed by atoms with Crippen LogP contribution in [0.4, 0.5) is 4.79 Å². The van der Waals surface area contributed by atoms with Crippen LogP contribution in [0.5, 0.6) is 0 Å². The van der Waals surface area contributed by atoms with Crippen LogP contribution in [-0.2, 0) is 20.7 Å². The Morgan fingerprint density at radius 1 is 1.23 bits per heavy atom. The first-order valence-corrected chi connectivity index (χ1v) is 7.10. The number of carbonyl (C=O) groups is 2. The van der Waals surface area contributed by atoms with Gasteiger partial charge in [0.1, 0.15) is 5.60 Å². The Labute approximate surface area is 131 Å². The smallest absolute Gasteiger partial charge is 0.407 e. The molecule has 0 bridgehead atoms. The van der Waals surface area contributed by atoms with E-state index < -0.39 is 11.7 Å². The number of esters is 1. The molecule has 120 valence electrons. The number of alkyl carbamates (subject to hydrolysis) is 1. The van der Waals surface area contributed by atoms with Crippen molar-refractivity contribution in [3.8, 4) is 0 Å². The van der Waals surface area contributed by atoms with Gasteiger partial charge in [-0.1, -0.05) is 36.4 Å². The molecule has 1 rings (SSSR count). The SMILES string of the molecule is COC(=O)Cc1ccccc1C=CCNC(=O)OC(C)(C)C. The summed E-state index contributed by atoms with van der Waals surface area (Å²) >= 11 is 0. The van der Waals surface area contributed by atoms with Crippen molar-refractivity contribution in [2.75, 3.05) is 13.7 Å². The normalized spacial score (nSPS) is 11.3. The van der Waals surface area contributed by atoms with E-state index in [2.05, 4.69) is 10.1 Å². The zero-order chi connectivity index (χ0) is 16.6. The molecule has 0 unspecified atom stereocenters. The van der Waals surface area contributed by atoms with Gasteiger partial charge in [-0.2, -0.15) is 0 Å². The van der Waals surface area contributed by atoms with Crippen molar-refractivity contribution in [1.82, 2.24) is 5.32 Å². The van der Waals surface area contributed by atoms with Crippen LogP contribution in [0.25, 0.3) is 6.08 Å². The maximum absolute atomic E-state index is 11.5. The van der Waals surface area contributed by atoms with E-state index in [-0.39, 0.29) is 12.4 Å². The maximum Gasteiger partial charge on any atom is 0.407 e. The van der Waals surface area contributed by atoms with Crippen molar-refractivity contribution >= 4 is 18.1 Å². The number of hydrogen-bond donors (Lipinski definition) is 1. The second-order valence-corrected chi connectivity index (χ2v) is 5.74. The van der Waals surface area contributed by atoms with Gasteiger partial charge in [0.25, 0.3) is 0 Å². The summed E-state index contributed by atoms with van der Waals surface area (Å²) in [6.07, 6.45) is 3.42. The van der Waals surface area contributed by atoms with Gasteiger partial charge < -0.3 is 14.8 Å². The average Bonchev–Trinajstić information content (AvgIpc) is 2.43. The lowest BCUT2D eigenvalue weighted by Crippen LogP contribution is -2.32. The highest BCUT2D eigenvalue weighted by Gasteiger charge is 2.15. The van der Waals surface area contributed by atoms with Gasteiger partial charge in [-0.15, -0.1) is 0 Å². The monoisotopic (exact) mass is 305 g/mol. The summed E-state index contributed by atoms with van der Waals surface area (Å²) in [6, 6.07) is 7.54. The third-order valence-electron chi connectivity index (χ3n) is 2.68. The molecule has 0 aliphatic rings. The summed E-state index contributed by atoms with van der Waals surface area (Å²) in [5.74, 6) is -0.285. The van der Waals surface area contributed by atoms with Crippen molar-refractivity contribution in [2.24, 2.45) is 0 Å². The minimum absolute atomic E-state index is 0.219. The van der Waals surface area contributed by atoms with E-state index in [1.165, 1.54) is 7.11 Å². The van der Waals surface area contributed by atoms with Crippen LogP contribution in [0.2, 0.25) is 0 Å². The fraction of sp³-hybridized carbons (Fsp3) is 0.412. The molecule has 0 saturated carbocycles. The predicted octanol–water partition coefficient (Wildman–Crippen LogP) is 2.94. The van der Waals surface area contributed by atoms with Crippen LogP contribution in [0.15, 0.2) is 30.3 Å². The Balaban J connectivity index is 2.56. The van der Waals surface area contributed by atoms with E-state index in [0.717, 1.165) is 11.1 Å². The number of methoxy groups -OCH3 is 1. The molecule has 0 aliphatic heterocycles. The van der Waals surface area contributed by atoms with Gasteiger partial charge in [-0.3, -0.25) is 4.79 Å². The first kappa shape index (κ1) is 17.8. The van der Waals surface area contributed by atoms with Crippen molar-refractivity contribution in [2.45, 2.75) is 32.8 Å². The molecule has 0 spiro atoms. The third-order valence-corrected chi connectivity index (χ3v) is 2.68. The van der Waals surface area contributed by atoms with Gasteiger partial charge in [0.05, 0.1) is 13.5 Å². The van der Waals surface area contributed by atoms with Crippen LogP contribution in [-0.4, -0.2) is 31.3 Å². The number of nitrogens with one attached hydrogen (secondary N) is 1. The van der Waals surface area contributed by atoms with Crippen LogP contribution >= 0.6 is 0 Å². The summed E-state index contributed by atoms with van der Waals surface area (Å²) in [4.78, 5) is 22.9. The number of ether oxygens (including phenoxy) is 2. The molecule has 22 heavy (non-hydrogen) atoms. The number of amides is 1. The van der Waals surface area contributed by atoms with Crippen LogP contribution in [0.1, 0.15) is 31.9 Å². The third kappa shape index (κ3) is 6.92. The van der Waals surface area contributed by atoms with E-state index in [1.807, 2.05) is 51.1 Å². The van der Waals surface area contributed by atoms with Crippen LogP contribution in [0, 0.1) is 0 Å². The standard InChI is InChI=1S/C17H23NO4/c1-17(2,3)22-16(20)18-11-7-10-13-8-5-6-9-14(13)12-15(19)21-4/h5-10H,11-12H2,1-4H3,(H,18,20). The van der Waals surface area contributed by atoms with Gasteiger partial charge in [0.15, 0.2) is 0 Å². The lowest BCUT2D eigenvalue weighted by Gasteiger charge is -2.19. The van der Waals surface area contributed by atoms with E-state index in [4.69, 9.17) is 4.74 Å². The summed E-state index contributed by atoms with van der Waals surface area (Å²) in [5, 5.41) is 2.64. The van der Waals surface area contributed by atoms with Crippen LogP contribution in [0.3, 0.4) is 0 Å². The number of carbonyl (C=O) groups excluding carboxylic acids is 2. The molecule has 1 N–H and O–H groups in total. The molecule has 0 aromatic heterocycles. The Hall–Kier alpha value is -2.30. The van der Waals surface area contributed by atoms with Crippen molar-refractivity contribution in [3.05, 3.63) is 41.5 Å². The molecule has 0 aliphatic carbocycles. The Bertz CT molecular complexity index is 544. The molecule has 1 amide bonds. The lowest BCUT2D eigenvalue weighted by atomic mass is 10.0. The van der Waals surface area contributed by atoms with Crippen molar-refractivity contribution in [1.29, 1.82) is 0 Å². The summed E-state index contributed by atoms with van der Waals surface area (Å²) < 4.78 is 9.81. The summed E-state index contributed by atoms with van der Waals surface area (Å²) in [6.45, 7) is 5.78. The molecule has 0 heterocycles. The van der Waals surface area contributed by atoms with Gasteiger partial charge in [0.2, 0.25) is 0 Å². The number of hydrogen-bond acceptors (Lipinski definition) is 4. The minimum Gasteiger partial charge on any atom is -0.469 e. The van der Waals surface area contributed by atoms with Gasteiger partial charge in [0, 0.05) is 6.54 Å². The molecule has 1 aromatic rings. The molecule has 5 heteroatoms. The second-order valence-electron chi connectivity index (χ2n) is 5.74. The minimum atomic E-state index is -0.513. The zero-order valence-electron chi connectivity index (χ0n) is 13.5. The van der Waals surface area contributed by atoms with Crippen molar-refractivity contribution < 1.29 is 19.1 Å². The first-order valence-electron chi connectivity index (χ1n) is 7.10. The van der Waals surface area contributed by atoms with Crippen molar-refractivity contribution in [3.63, 3.8) is 0 Å². The Morgan fingerprint density at radius 3 is 2.55 bits per heavy atom. The zero-order valence-corrected chi connectivity index (χ0v) is 13.5. The quantitative estimate of drug-likeness (QED) is 0.850. The molecule has 0 radical (unpaired) electrons. The highest BCUT2D eigenvalue weighted by Crippen LogP contribution is 2.12. The van der Waals surface area contributed by atoms with E-state index in [9.17, 15) is 9.59 Å². The molecule has 1 aromatic carbocycles. The molecule has 0 atom stereocenters. The Morgan fingerprint density at radius 2 is 1.91 bits per heavy atom.